The van der Waals surface area contributed by atoms with Crippen LogP contribution in [0.25, 0.3) is 0 Å². The number of aliphatic carboxylic acids is 1. The molecular weight excluding hydrogens is 293 g/mol. The second-order valence-corrected chi connectivity index (χ2v) is 5.10. The van der Waals surface area contributed by atoms with Crippen molar-refractivity contribution in [3.63, 3.8) is 0 Å². The number of hydrogen-bond acceptors (Lipinski definition) is 4. The molecule has 1 saturated carbocycles. The fourth-order valence-electron chi connectivity index (χ4n) is 2.13. The van der Waals surface area contributed by atoms with Crippen LogP contribution >= 0.6 is 23.2 Å². The molecule has 1 heterocycles. The van der Waals surface area contributed by atoms with E-state index in [4.69, 9.17) is 28.3 Å². The molecule has 1 aliphatic rings. The molecule has 6 nitrogen and oxygen atoms in total. The van der Waals surface area contributed by atoms with Crippen LogP contribution in [-0.4, -0.2) is 27.0 Å². The van der Waals surface area contributed by atoms with E-state index in [-0.39, 0.29) is 28.1 Å². The van der Waals surface area contributed by atoms with E-state index in [0.717, 1.165) is 0 Å². The van der Waals surface area contributed by atoms with Crippen molar-refractivity contribution in [2.75, 3.05) is 5.32 Å². The normalized spacial score (nSPS) is 22.2. The predicted octanol–water partition coefficient (Wildman–Crippen LogP) is 2.22. The van der Waals surface area contributed by atoms with E-state index in [2.05, 4.69) is 15.3 Å². The average Bonchev–Trinajstić information content (AvgIpc) is 2.76. The molecule has 2 atom stereocenters. The zero-order valence-electron chi connectivity index (χ0n) is 9.77. The number of nitrogens with one attached hydrogen (secondary N) is 1. The number of rotatable bonds is 3. The first-order valence-electron chi connectivity index (χ1n) is 5.69. The third kappa shape index (κ3) is 3.54. The molecule has 102 valence electrons. The summed E-state index contributed by atoms with van der Waals surface area (Å²) in [7, 11) is 0. The van der Waals surface area contributed by atoms with Crippen LogP contribution in [0.4, 0.5) is 5.82 Å². The van der Waals surface area contributed by atoms with E-state index < -0.39 is 11.9 Å². The molecule has 2 rings (SSSR count). The second-order valence-electron chi connectivity index (χ2n) is 4.38. The number of carboxylic acids is 1. The molecular formula is C11H11Cl2N3O3. The fourth-order valence-corrected chi connectivity index (χ4v) is 2.53. The Hall–Kier alpha value is -1.40. The number of carboxylic acid groups (broad SMARTS) is 1. The van der Waals surface area contributed by atoms with Crippen molar-refractivity contribution in [3.8, 4) is 0 Å². The van der Waals surface area contributed by atoms with Crippen molar-refractivity contribution in [1.29, 1.82) is 0 Å². The summed E-state index contributed by atoms with van der Waals surface area (Å²) in [4.78, 5) is 30.3. The number of carbonyl (C=O) groups is 2. The van der Waals surface area contributed by atoms with E-state index in [1.165, 1.54) is 6.07 Å². The Morgan fingerprint density at radius 3 is 2.53 bits per heavy atom. The van der Waals surface area contributed by atoms with Crippen LogP contribution < -0.4 is 5.32 Å². The molecule has 0 unspecified atom stereocenters. The van der Waals surface area contributed by atoms with Crippen LogP contribution in [0.1, 0.15) is 19.3 Å². The van der Waals surface area contributed by atoms with Gasteiger partial charge in [-0.15, -0.1) is 0 Å². The number of amides is 1. The summed E-state index contributed by atoms with van der Waals surface area (Å²) in [5, 5.41) is 11.5. The van der Waals surface area contributed by atoms with Gasteiger partial charge in [-0.2, -0.15) is 0 Å². The van der Waals surface area contributed by atoms with E-state index in [9.17, 15) is 9.59 Å². The number of halogens is 2. The summed E-state index contributed by atoms with van der Waals surface area (Å²) < 4.78 is 0. The Morgan fingerprint density at radius 1 is 1.26 bits per heavy atom. The van der Waals surface area contributed by atoms with Crippen molar-refractivity contribution in [2.24, 2.45) is 11.8 Å². The van der Waals surface area contributed by atoms with Crippen LogP contribution in [0.15, 0.2) is 6.07 Å². The zero-order chi connectivity index (χ0) is 14.0. The SMILES string of the molecule is O=C(O)[C@H]1CC[C@@H](C(=O)Nc2cc(Cl)nc(Cl)n2)C1. The van der Waals surface area contributed by atoms with E-state index in [1.807, 2.05) is 0 Å². The molecule has 8 heteroatoms. The first kappa shape index (κ1) is 14.0. The van der Waals surface area contributed by atoms with Crippen LogP contribution in [0.2, 0.25) is 10.4 Å². The summed E-state index contributed by atoms with van der Waals surface area (Å²) >= 11 is 11.3. The highest BCUT2D eigenvalue weighted by Gasteiger charge is 2.33. The van der Waals surface area contributed by atoms with Gasteiger partial charge < -0.3 is 10.4 Å². The van der Waals surface area contributed by atoms with Gasteiger partial charge in [-0.25, -0.2) is 9.97 Å². The molecule has 1 aromatic heterocycles. The lowest BCUT2D eigenvalue weighted by Crippen LogP contribution is -2.22. The molecule has 1 aromatic rings. The highest BCUT2D eigenvalue weighted by Crippen LogP contribution is 2.31. The zero-order valence-corrected chi connectivity index (χ0v) is 11.3. The number of nitrogens with zero attached hydrogens (tertiary/aromatic N) is 2. The first-order chi connectivity index (χ1) is 8.95. The lowest BCUT2D eigenvalue weighted by Gasteiger charge is -2.10. The molecule has 0 aliphatic heterocycles. The minimum absolute atomic E-state index is 0.0577. The monoisotopic (exact) mass is 303 g/mol. The summed E-state index contributed by atoms with van der Waals surface area (Å²) in [5.41, 5.74) is 0. The lowest BCUT2D eigenvalue weighted by atomic mass is 10.0. The number of hydrogen-bond donors (Lipinski definition) is 2. The van der Waals surface area contributed by atoms with Gasteiger partial charge in [0.15, 0.2) is 0 Å². The topological polar surface area (TPSA) is 92.2 Å². The standard InChI is InChI=1S/C11H11Cl2N3O3/c12-7-4-8(16-11(13)14-7)15-9(17)5-1-2-6(3-5)10(18)19/h4-6H,1-3H2,(H,18,19)(H,14,15,16,17)/t5-,6+/m1/s1. The second kappa shape index (κ2) is 5.71. The average molecular weight is 304 g/mol. The smallest absolute Gasteiger partial charge is 0.306 e. The molecule has 0 saturated heterocycles. The van der Waals surface area contributed by atoms with Gasteiger partial charge in [-0.05, 0) is 30.9 Å². The lowest BCUT2D eigenvalue weighted by molar-refractivity contribution is -0.141. The van der Waals surface area contributed by atoms with Crippen LogP contribution in [-0.2, 0) is 9.59 Å². The van der Waals surface area contributed by atoms with Crippen molar-refractivity contribution in [2.45, 2.75) is 19.3 Å². The van der Waals surface area contributed by atoms with Crippen LogP contribution in [0.5, 0.6) is 0 Å². The summed E-state index contributed by atoms with van der Waals surface area (Å²) in [6, 6.07) is 1.38. The molecule has 1 amide bonds. The molecule has 1 aliphatic carbocycles. The van der Waals surface area contributed by atoms with Crippen molar-refractivity contribution >= 4 is 40.9 Å². The predicted molar refractivity (Wildman–Crippen MR) is 69.1 cm³/mol. The van der Waals surface area contributed by atoms with Crippen molar-refractivity contribution in [3.05, 3.63) is 16.5 Å². The Bertz CT molecular complexity index is 504. The maximum absolute atomic E-state index is 12.0. The summed E-state index contributed by atoms with van der Waals surface area (Å²) in [6.07, 6.45) is 1.40. The molecule has 0 radical (unpaired) electrons. The maximum Gasteiger partial charge on any atom is 0.306 e. The van der Waals surface area contributed by atoms with E-state index in [1.54, 1.807) is 0 Å². The Kier molecular flexibility index (Phi) is 4.21. The van der Waals surface area contributed by atoms with Gasteiger partial charge in [-0.3, -0.25) is 9.59 Å². The van der Waals surface area contributed by atoms with Gasteiger partial charge in [0.2, 0.25) is 11.2 Å². The molecule has 0 bridgehead atoms. The maximum atomic E-state index is 12.0. The minimum atomic E-state index is -0.858. The summed E-state index contributed by atoms with van der Waals surface area (Å²) in [6.45, 7) is 0. The third-order valence-electron chi connectivity index (χ3n) is 3.07. The number of anilines is 1. The molecule has 2 N–H and O–H groups in total. The van der Waals surface area contributed by atoms with Gasteiger partial charge in [0, 0.05) is 12.0 Å². The Morgan fingerprint density at radius 2 is 1.95 bits per heavy atom. The largest absolute Gasteiger partial charge is 0.481 e. The van der Waals surface area contributed by atoms with Gasteiger partial charge in [0.25, 0.3) is 0 Å². The minimum Gasteiger partial charge on any atom is -0.481 e. The number of carbonyl (C=O) groups excluding carboxylic acids is 1. The molecule has 1 fully saturated rings. The highest BCUT2D eigenvalue weighted by atomic mass is 35.5. The van der Waals surface area contributed by atoms with Crippen LogP contribution in [0, 0.1) is 11.8 Å². The van der Waals surface area contributed by atoms with E-state index in [0.29, 0.717) is 19.3 Å². The van der Waals surface area contributed by atoms with Gasteiger partial charge in [0.1, 0.15) is 11.0 Å². The van der Waals surface area contributed by atoms with Crippen molar-refractivity contribution < 1.29 is 14.7 Å². The molecule has 0 spiro atoms. The molecule has 0 aromatic carbocycles. The van der Waals surface area contributed by atoms with Gasteiger partial charge >= 0.3 is 5.97 Å². The van der Waals surface area contributed by atoms with E-state index >= 15 is 0 Å². The van der Waals surface area contributed by atoms with Crippen molar-refractivity contribution in [1.82, 2.24) is 9.97 Å². The Balaban J connectivity index is 2.00. The van der Waals surface area contributed by atoms with Gasteiger partial charge in [0.05, 0.1) is 5.92 Å². The fraction of sp³-hybridized carbons (Fsp3) is 0.455. The highest BCUT2D eigenvalue weighted by molar-refractivity contribution is 6.32. The number of aromatic nitrogens is 2. The quantitative estimate of drug-likeness (QED) is 0.660. The first-order valence-corrected chi connectivity index (χ1v) is 6.45. The van der Waals surface area contributed by atoms with Gasteiger partial charge in [-0.1, -0.05) is 11.6 Å². The summed E-state index contributed by atoms with van der Waals surface area (Å²) in [5.74, 6) is -1.69. The Labute approximate surface area is 119 Å². The molecule has 19 heavy (non-hydrogen) atoms. The third-order valence-corrected chi connectivity index (χ3v) is 3.43. The van der Waals surface area contributed by atoms with Crippen LogP contribution in [0.3, 0.4) is 0 Å².